The Morgan fingerprint density at radius 3 is 2.04 bits per heavy atom. The number of nitrogens with one attached hydrogen (secondary N) is 1. The maximum atomic E-state index is 12.9. The van der Waals surface area contributed by atoms with E-state index in [-0.39, 0.29) is 23.9 Å². The molecule has 1 N–H and O–H groups in total. The summed E-state index contributed by atoms with van der Waals surface area (Å²) in [6.07, 6.45) is 0. The summed E-state index contributed by atoms with van der Waals surface area (Å²) in [5, 5.41) is 3.90. The molecular formula is C23H17NO3. The van der Waals surface area contributed by atoms with Crippen LogP contribution in [0.4, 0.5) is 5.69 Å². The number of Topliss-reactive ketones (excluding diaryl/α,β-unsaturated/α-hetero) is 1. The van der Waals surface area contributed by atoms with Crippen molar-refractivity contribution in [2.24, 2.45) is 0 Å². The molecule has 0 saturated carbocycles. The second kappa shape index (κ2) is 7.30. The minimum absolute atomic E-state index is 0.0565. The second-order valence-electron chi connectivity index (χ2n) is 6.14. The molecular weight excluding hydrogens is 338 g/mol. The van der Waals surface area contributed by atoms with E-state index in [1.807, 2.05) is 54.6 Å². The highest BCUT2D eigenvalue weighted by molar-refractivity contribution is 6.15. The van der Waals surface area contributed by atoms with E-state index in [4.69, 9.17) is 4.42 Å². The SMILES string of the molecule is O=C(CNc1c(C(=O)c2ccccc2)oc2ccccc12)c1ccccc1. The zero-order valence-corrected chi connectivity index (χ0v) is 14.5. The van der Waals surface area contributed by atoms with Gasteiger partial charge in [-0.15, -0.1) is 0 Å². The van der Waals surface area contributed by atoms with E-state index < -0.39 is 0 Å². The third-order valence-corrected chi connectivity index (χ3v) is 4.36. The average Bonchev–Trinajstić information content (AvgIpc) is 3.11. The molecule has 1 aromatic heterocycles. The molecule has 0 saturated heterocycles. The first kappa shape index (κ1) is 16.8. The van der Waals surface area contributed by atoms with Gasteiger partial charge >= 0.3 is 0 Å². The van der Waals surface area contributed by atoms with Crippen molar-refractivity contribution in [1.82, 2.24) is 0 Å². The van der Waals surface area contributed by atoms with Gasteiger partial charge < -0.3 is 9.73 Å². The lowest BCUT2D eigenvalue weighted by molar-refractivity contribution is 0.0997. The maximum Gasteiger partial charge on any atom is 0.230 e. The van der Waals surface area contributed by atoms with E-state index in [1.165, 1.54) is 0 Å². The average molecular weight is 355 g/mol. The smallest absolute Gasteiger partial charge is 0.230 e. The summed E-state index contributed by atoms with van der Waals surface area (Å²) >= 11 is 0. The van der Waals surface area contributed by atoms with Gasteiger partial charge in [0.2, 0.25) is 5.78 Å². The Bertz CT molecular complexity index is 1100. The number of rotatable bonds is 6. The first-order chi connectivity index (χ1) is 13.2. The van der Waals surface area contributed by atoms with Crippen LogP contribution in [-0.4, -0.2) is 18.1 Å². The van der Waals surface area contributed by atoms with Crippen LogP contribution < -0.4 is 5.32 Å². The third-order valence-electron chi connectivity index (χ3n) is 4.36. The van der Waals surface area contributed by atoms with E-state index in [2.05, 4.69) is 5.32 Å². The van der Waals surface area contributed by atoms with Gasteiger partial charge in [0, 0.05) is 16.5 Å². The normalized spacial score (nSPS) is 10.7. The van der Waals surface area contributed by atoms with Crippen LogP contribution in [0.2, 0.25) is 0 Å². The Hall–Kier alpha value is -3.66. The number of benzene rings is 3. The van der Waals surface area contributed by atoms with Crippen molar-refractivity contribution in [1.29, 1.82) is 0 Å². The predicted molar refractivity (Wildman–Crippen MR) is 105 cm³/mol. The lowest BCUT2D eigenvalue weighted by atomic mass is 10.1. The van der Waals surface area contributed by atoms with Gasteiger partial charge in [0.05, 0.1) is 12.2 Å². The zero-order chi connectivity index (χ0) is 18.6. The van der Waals surface area contributed by atoms with Crippen LogP contribution in [0.25, 0.3) is 11.0 Å². The highest BCUT2D eigenvalue weighted by Gasteiger charge is 2.22. The third kappa shape index (κ3) is 3.37. The van der Waals surface area contributed by atoms with E-state index >= 15 is 0 Å². The van der Waals surface area contributed by atoms with Crippen molar-refractivity contribution in [3.63, 3.8) is 0 Å². The molecule has 0 aliphatic carbocycles. The fourth-order valence-corrected chi connectivity index (χ4v) is 3.00. The molecule has 0 spiro atoms. The van der Waals surface area contributed by atoms with Crippen molar-refractivity contribution >= 4 is 28.2 Å². The number of para-hydroxylation sites is 1. The number of hydrogen-bond acceptors (Lipinski definition) is 4. The van der Waals surface area contributed by atoms with Crippen molar-refractivity contribution < 1.29 is 14.0 Å². The Morgan fingerprint density at radius 2 is 1.33 bits per heavy atom. The van der Waals surface area contributed by atoms with Gasteiger partial charge in [-0.1, -0.05) is 72.8 Å². The number of ketones is 2. The number of furan rings is 1. The van der Waals surface area contributed by atoms with Crippen LogP contribution in [0, 0.1) is 0 Å². The highest BCUT2D eigenvalue weighted by Crippen LogP contribution is 2.32. The number of anilines is 1. The zero-order valence-electron chi connectivity index (χ0n) is 14.5. The fourth-order valence-electron chi connectivity index (χ4n) is 3.00. The van der Waals surface area contributed by atoms with Crippen LogP contribution in [0.15, 0.2) is 89.3 Å². The number of carbonyl (C=O) groups excluding carboxylic acids is 2. The predicted octanol–water partition coefficient (Wildman–Crippen LogP) is 4.96. The van der Waals surface area contributed by atoms with E-state index in [0.717, 1.165) is 5.39 Å². The van der Waals surface area contributed by atoms with E-state index in [9.17, 15) is 9.59 Å². The van der Waals surface area contributed by atoms with Gasteiger partial charge in [0.1, 0.15) is 5.58 Å². The summed E-state index contributed by atoms with van der Waals surface area (Å²) in [6, 6.07) is 25.4. The van der Waals surface area contributed by atoms with Crippen LogP contribution in [-0.2, 0) is 0 Å². The molecule has 4 heteroatoms. The van der Waals surface area contributed by atoms with Crippen molar-refractivity contribution in [3.8, 4) is 0 Å². The quantitative estimate of drug-likeness (QED) is 0.497. The standard InChI is InChI=1S/C23H17NO3/c25-19(16-9-3-1-4-10-16)15-24-21-18-13-7-8-14-20(18)27-23(21)22(26)17-11-5-2-6-12-17/h1-14,24H,15H2. The minimum atomic E-state index is -0.221. The second-order valence-corrected chi connectivity index (χ2v) is 6.14. The Morgan fingerprint density at radius 1 is 0.741 bits per heavy atom. The molecule has 0 radical (unpaired) electrons. The largest absolute Gasteiger partial charge is 0.450 e. The summed E-state index contributed by atoms with van der Waals surface area (Å²) in [7, 11) is 0. The molecule has 3 aromatic carbocycles. The molecule has 0 fully saturated rings. The van der Waals surface area contributed by atoms with Crippen LogP contribution in [0.3, 0.4) is 0 Å². The summed E-state index contributed by atoms with van der Waals surface area (Å²) in [5.41, 5.74) is 2.30. The molecule has 132 valence electrons. The van der Waals surface area contributed by atoms with Crippen LogP contribution >= 0.6 is 0 Å². The molecule has 0 amide bonds. The number of hydrogen-bond donors (Lipinski definition) is 1. The molecule has 4 aromatic rings. The van der Waals surface area contributed by atoms with E-state index in [0.29, 0.717) is 22.4 Å². The summed E-state index contributed by atoms with van der Waals surface area (Å²) in [5.74, 6) is -0.0660. The van der Waals surface area contributed by atoms with Gasteiger partial charge in [-0.25, -0.2) is 0 Å². The maximum absolute atomic E-state index is 12.9. The van der Waals surface area contributed by atoms with E-state index in [1.54, 1.807) is 30.3 Å². The molecule has 27 heavy (non-hydrogen) atoms. The summed E-state index contributed by atoms with van der Waals surface area (Å²) in [6.45, 7) is 0.0720. The van der Waals surface area contributed by atoms with Gasteiger partial charge in [-0.3, -0.25) is 9.59 Å². The number of carbonyl (C=O) groups is 2. The number of fused-ring (bicyclic) bond motifs is 1. The van der Waals surface area contributed by atoms with Crippen molar-refractivity contribution in [2.45, 2.75) is 0 Å². The fraction of sp³-hybridized carbons (Fsp3) is 0.0435. The van der Waals surface area contributed by atoms with Crippen molar-refractivity contribution in [2.75, 3.05) is 11.9 Å². The Kier molecular flexibility index (Phi) is 4.54. The molecule has 0 atom stereocenters. The topological polar surface area (TPSA) is 59.3 Å². The minimum Gasteiger partial charge on any atom is -0.450 e. The molecule has 4 rings (SSSR count). The summed E-state index contributed by atoms with van der Waals surface area (Å²) in [4.78, 5) is 25.4. The Balaban J connectivity index is 1.68. The van der Waals surface area contributed by atoms with Crippen LogP contribution in [0.1, 0.15) is 26.5 Å². The molecule has 0 unspecified atom stereocenters. The molecule has 4 nitrogen and oxygen atoms in total. The van der Waals surface area contributed by atoms with Gasteiger partial charge in [-0.2, -0.15) is 0 Å². The van der Waals surface area contributed by atoms with Gasteiger partial charge in [0.25, 0.3) is 0 Å². The molecule has 0 aliphatic heterocycles. The molecule has 1 heterocycles. The lowest BCUT2D eigenvalue weighted by Gasteiger charge is -2.07. The highest BCUT2D eigenvalue weighted by atomic mass is 16.3. The first-order valence-electron chi connectivity index (χ1n) is 8.67. The summed E-state index contributed by atoms with van der Waals surface area (Å²) < 4.78 is 5.83. The first-order valence-corrected chi connectivity index (χ1v) is 8.67. The van der Waals surface area contributed by atoms with Gasteiger partial charge in [0.15, 0.2) is 11.5 Å². The Labute approximate surface area is 156 Å². The lowest BCUT2D eigenvalue weighted by Crippen LogP contribution is -2.15. The van der Waals surface area contributed by atoms with Crippen molar-refractivity contribution in [3.05, 3.63) is 102 Å². The van der Waals surface area contributed by atoms with Gasteiger partial charge in [-0.05, 0) is 12.1 Å². The monoisotopic (exact) mass is 355 g/mol. The van der Waals surface area contributed by atoms with Crippen LogP contribution in [0.5, 0.6) is 0 Å². The molecule has 0 aliphatic rings. The molecule has 0 bridgehead atoms.